The second kappa shape index (κ2) is 3.76. The minimum atomic E-state index is 0.280. The molecule has 2 aromatic rings. The third-order valence-corrected chi connectivity index (χ3v) is 2.10. The van der Waals surface area contributed by atoms with Crippen molar-refractivity contribution in [1.29, 1.82) is 0 Å². The van der Waals surface area contributed by atoms with Gasteiger partial charge < -0.3 is 0 Å². The van der Waals surface area contributed by atoms with Crippen LogP contribution >= 0.6 is 0 Å². The molecule has 0 aliphatic heterocycles. The minimum absolute atomic E-state index is 0.280. The van der Waals surface area contributed by atoms with Crippen LogP contribution in [0.25, 0.3) is 5.82 Å². The molecule has 0 aliphatic carbocycles. The molecule has 0 atom stereocenters. The molecule has 0 fully saturated rings. The van der Waals surface area contributed by atoms with Crippen molar-refractivity contribution < 1.29 is 0 Å². The van der Waals surface area contributed by atoms with Gasteiger partial charge >= 0.3 is 0 Å². The first-order valence-electron chi connectivity index (χ1n) is 4.91. The summed E-state index contributed by atoms with van der Waals surface area (Å²) in [6.45, 7) is 6.05. The van der Waals surface area contributed by atoms with Crippen molar-refractivity contribution in [1.82, 2.24) is 25.2 Å². The molecule has 0 bridgehead atoms. The molecule has 0 N–H and O–H groups in total. The van der Waals surface area contributed by atoms with E-state index < -0.39 is 0 Å². The average molecular weight is 203 g/mol. The van der Waals surface area contributed by atoms with E-state index >= 15 is 0 Å². The molecule has 0 radical (unpaired) electrons. The number of hydrogen-bond donors (Lipinski definition) is 0. The Labute approximate surface area is 88.2 Å². The largest absolute Gasteiger partial charge is 0.234 e. The summed E-state index contributed by atoms with van der Waals surface area (Å²) in [4.78, 5) is 4.38. The summed E-state index contributed by atoms with van der Waals surface area (Å²) in [5.74, 6) is 1.87. The summed E-state index contributed by atoms with van der Waals surface area (Å²) < 4.78 is 1.68. The van der Waals surface area contributed by atoms with Crippen LogP contribution in [0, 0.1) is 6.92 Å². The highest BCUT2D eigenvalue weighted by Crippen LogP contribution is 2.13. The molecule has 0 saturated carbocycles. The van der Waals surface area contributed by atoms with E-state index in [-0.39, 0.29) is 5.92 Å². The number of pyridine rings is 1. The number of aromatic nitrogens is 5. The molecule has 15 heavy (non-hydrogen) atoms. The lowest BCUT2D eigenvalue weighted by Gasteiger charge is -2.05. The van der Waals surface area contributed by atoms with Gasteiger partial charge in [0.2, 0.25) is 0 Å². The number of hydrogen-bond acceptors (Lipinski definition) is 4. The standard InChI is InChI=1S/C10H13N5/c1-7(2)10-12-13-14-15(10)9-6-4-5-8(3)11-9/h4-7H,1-3H3. The molecule has 0 saturated heterocycles. The molecule has 2 heterocycles. The third kappa shape index (κ3) is 1.86. The molecule has 0 unspecified atom stereocenters. The van der Waals surface area contributed by atoms with Crippen LogP contribution in [0.2, 0.25) is 0 Å². The average Bonchev–Trinajstić information content (AvgIpc) is 2.65. The fraction of sp³-hybridized carbons (Fsp3) is 0.400. The van der Waals surface area contributed by atoms with Gasteiger partial charge in [-0.3, -0.25) is 0 Å². The normalized spacial score (nSPS) is 10.9. The maximum atomic E-state index is 4.38. The van der Waals surface area contributed by atoms with Crippen LogP contribution in [0.1, 0.15) is 31.3 Å². The molecule has 78 valence electrons. The Bertz CT molecular complexity index is 460. The topological polar surface area (TPSA) is 56.5 Å². The Kier molecular flexibility index (Phi) is 2.45. The lowest BCUT2D eigenvalue weighted by molar-refractivity contribution is 0.696. The van der Waals surface area contributed by atoms with Gasteiger partial charge in [0.1, 0.15) is 0 Å². The predicted octanol–water partition coefficient (Wildman–Crippen LogP) is 1.49. The second-order valence-corrected chi connectivity index (χ2v) is 3.74. The minimum Gasteiger partial charge on any atom is -0.234 e. The Morgan fingerprint density at radius 2 is 2.07 bits per heavy atom. The SMILES string of the molecule is Cc1cccc(-n2nnnc2C(C)C)n1. The number of nitrogens with zero attached hydrogens (tertiary/aromatic N) is 5. The summed E-state index contributed by atoms with van der Waals surface area (Å²) in [7, 11) is 0. The van der Waals surface area contributed by atoms with E-state index in [9.17, 15) is 0 Å². The lowest BCUT2D eigenvalue weighted by Crippen LogP contribution is -2.07. The summed E-state index contributed by atoms with van der Waals surface area (Å²) in [6, 6.07) is 5.79. The highest BCUT2D eigenvalue weighted by atomic mass is 15.6. The summed E-state index contributed by atoms with van der Waals surface area (Å²) in [5.41, 5.74) is 0.956. The zero-order valence-corrected chi connectivity index (χ0v) is 9.05. The fourth-order valence-electron chi connectivity index (χ4n) is 1.36. The highest BCUT2D eigenvalue weighted by molar-refractivity contribution is 5.24. The quantitative estimate of drug-likeness (QED) is 0.742. The number of aryl methyl sites for hydroxylation is 1. The predicted molar refractivity (Wildman–Crippen MR) is 55.8 cm³/mol. The second-order valence-electron chi connectivity index (χ2n) is 3.74. The van der Waals surface area contributed by atoms with Crippen LogP contribution in [0.3, 0.4) is 0 Å². The highest BCUT2D eigenvalue weighted by Gasteiger charge is 2.12. The Morgan fingerprint density at radius 3 is 2.73 bits per heavy atom. The van der Waals surface area contributed by atoms with E-state index in [1.165, 1.54) is 0 Å². The molecular formula is C10H13N5. The molecule has 2 aromatic heterocycles. The molecule has 5 heteroatoms. The lowest BCUT2D eigenvalue weighted by atomic mass is 10.2. The molecule has 0 amide bonds. The van der Waals surface area contributed by atoms with Crippen molar-refractivity contribution in [2.75, 3.05) is 0 Å². The van der Waals surface area contributed by atoms with E-state index in [0.29, 0.717) is 0 Å². The Balaban J connectivity index is 2.49. The van der Waals surface area contributed by atoms with Gasteiger partial charge in [-0.25, -0.2) is 4.98 Å². The zero-order chi connectivity index (χ0) is 10.8. The van der Waals surface area contributed by atoms with Gasteiger partial charge in [0, 0.05) is 11.6 Å². The molecular weight excluding hydrogens is 190 g/mol. The first kappa shape index (κ1) is 9.76. The number of rotatable bonds is 2. The van der Waals surface area contributed by atoms with Gasteiger partial charge in [-0.1, -0.05) is 19.9 Å². The fourth-order valence-corrected chi connectivity index (χ4v) is 1.36. The summed E-state index contributed by atoms with van der Waals surface area (Å²) >= 11 is 0. The van der Waals surface area contributed by atoms with Gasteiger partial charge in [-0.15, -0.1) is 5.10 Å². The van der Waals surface area contributed by atoms with E-state index in [2.05, 4.69) is 34.4 Å². The zero-order valence-electron chi connectivity index (χ0n) is 9.05. The Hall–Kier alpha value is -1.78. The van der Waals surface area contributed by atoms with Crippen LogP contribution < -0.4 is 0 Å². The molecule has 0 spiro atoms. The Morgan fingerprint density at radius 1 is 1.27 bits per heavy atom. The first-order chi connectivity index (χ1) is 7.18. The van der Waals surface area contributed by atoms with Crippen LogP contribution in [0.15, 0.2) is 18.2 Å². The van der Waals surface area contributed by atoms with Crippen LogP contribution in [-0.2, 0) is 0 Å². The van der Waals surface area contributed by atoms with Gasteiger partial charge in [0.05, 0.1) is 0 Å². The number of tetrazole rings is 1. The van der Waals surface area contributed by atoms with Crippen LogP contribution in [-0.4, -0.2) is 25.2 Å². The van der Waals surface area contributed by atoms with Gasteiger partial charge in [-0.05, 0) is 29.5 Å². The molecule has 0 aliphatic rings. The maximum Gasteiger partial charge on any atom is 0.161 e. The monoisotopic (exact) mass is 203 g/mol. The van der Waals surface area contributed by atoms with E-state index in [0.717, 1.165) is 17.3 Å². The molecule has 2 rings (SSSR count). The van der Waals surface area contributed by atoms with Crippen molar-refractivity contribution in [3.63, 3.8) is 0 Å². The maximum absolute atomic E-state index is 4.38. The van der Waals surface area contributed by atoms with Crippen molar-refractivity contribution in [3.05, 3.63) is 29.7 Å². The van der Waals surface area contributed by atoms with E-state index in [1.807, 2.05) is 25.1 Å². The van der Waals surface area contributed by atoms with Gasteiger partial charge in [0.25, 0.3) is 0 Å². The van der Waals surface area contributed by atoms with Crippen molar-refractivity contribution in [2.24, 2.45) is 0 Å². The van der Waals surface area contributed by atoms with E-state index in [1.54, 1.807) is 4.68 Å². The van der Waals surface area contributed by atoms with Gasteiger partial charge in [-0.2, -0.15) is 4.68 Å². The van der Waals surface area contributed by atoms with Crippen molar-refractivity contribution in [2.45, 2.75) is 26.7 Å². The van der Waals surface area contributed by atoms with Crippen LogP contribution in [0.4, 0.5) is 0 Å². The molecule has 0 aromatic carbocycles. The van der Waals surface area contributed by atoms with Crippen molar-refractivity contribution >= 4 is 0 Å². The summed E-state index contributed by atoms with van der Waals surface area (Å²) in [6.07, 6.45) is 0. The van der Waals surface area contributed by atoms with Crippen LogP contribution in [0.5, 0.6) is 0 Å². The van der Waals surface area contributed by atoms with E-state index in [4.69, 9.17) is 0 Å². The third-order valence-electron chi connectivity index (χ3n) is 2.10. The first-order valence-corrected chi connectivity index (χ1v) is 4.91. The smallest absolute Gasteiger partial charge is 0.161 e. The van der Waals surface area contributed by atoms with Crippen molar-refractivity contribution in [3.8, 4) is 5.82 Å². The van der Waals surface area contributed by atoms with Gasteiger partial charge in [0.15, 0.2) is 11.6 Å². The molecule has 5 nitrogen and oxygen atoms in total. The summed E-state index contributed by atoms with van der Waals surface area (Å²) in [5, 5.41) is 11.6.